The molecule has 0 aliphatic rings. The molecule has 0 spiro atoms. The number of likely N-dealkylation sites (N-methyl/N-ethyl adjacent to an activating group) is 1. The molecule has 0 aromatic rings. The van der Waals surface area contributed by atoms with Gasteiger partial charge in [-0.3, -0.25) is 0 Å². The predicted octanol–water partition coefficient (Wildman–Crippen LogP) is 18.8. The van der Waals surface area contributed by atoms with E-state index in [2.05, 4.69) is 64.3 Å². The zero-order valence-electron chi connectivity index (χ0n) is 44.9. The van der Waals surface area contributed by atoms with E-state index in [0.717, 1.165) is 38.5 Å². The summed E-state index contributed by atoms with van der Waals surface area (Å²) in [6.45, 7) is 8.73. The smallest absolute Gasteiger partial charge is 0.105 e. The number of aliphatic hydroxyl groups is 3. The summed E-state index contributed by atoms with van der Waals surface area (Å²) in [5.41, 5.74) is 0. The molecule has 3 atom stereocenters. The fraction of sp³-hybridized carbons (Fsp3) is 0.902. The maximum atomic E-state index is 11.3. The minimum Gasteiger partial charge on any atom is -0.387 e. The standard InChI is InChI=1S/C61H120NO3/c1-5-8-11-14-17-20-23-26-29-32-35-38-41-44-47-50-53-59(63)56-62(4,57-60(64)54-51-48-45-42-39-36-33-30-27-24-21-18-15-12-9-6-2)58-61(65)55-52-49-46-43-40-37-34-31-28-25-22-19-16-13-10-7-3/h26-31,59-61,63-65H,5-25,32-58H2,1-4H3/q+1/b29-26-,30-27-,31-28-. The predicted molar refractivity (Wildman–Crippen MR) is 291 cm³/mol. The molecule has 0 aromatic carbocycles. The highest BCUT2D eigenvalue weighted by Gasteiger charge is 2.31. The largest absolute Gasteiger partial charge is 0.387 e. The molecular formula is C61H120NO3+. The van der Waals surface area contributed by atoms with E-state index in [-0.39, 0.29) is 18.3 Å². The van der Waals surface area contributed by atoms with Crippen molar-refractivity contribution in [3.63, 3.8) is 0 Å². The van der Waals surface area contributed by atoms with Gasteiger partial charge in [0.05, 0.1) is 7.05 Å². The second kappa shape index (κ2) is 52.4. The summed E-state index contributed by atoms with van der Waals surface area (Å²) in [6.07, 6.45) is 70.2. The SMILES string of the molecule is CCCCCCCC/C=C\CCCCCCCCC(O)C[N+](C)(CC(O)CCCCCCCC/C=C\CCCCCCCC)CC(O)CCCCCCCC/C=C\CCCCCCCC. The molecule has 0 saturated carbocycles. The first-order valence-corrected chi connectivity index (χ1v) is 29.7. The van der Waals surface area contributed by atoms with Crippen molar-refractivity contribution in [2.45, 2.75) is 328 Å². The molecule has 3 N–H and O–H groups in total. The zero-order chi connectivity index (χ0) is 47.4. The molecule has 0 radical (unpaired) electrons. The van der Waals surface area contributed by atoms with Gasteiger partial charge in [0.2, 0.25) is 0 Å². The Hall–Kier alpha value is -0.940. The van der Waals surface area contributed by atoms with Crippen LogP contribution in [0.4, 0.5) is 0 Å². The highest BCUT2D eigenvalue weighted by atomic mass is 16.3. The van der Waals surface area contributed by atoms with E-state index in [1.54, 1.807) is 0 Å². The molecule has 0 aliphatic carbocycles. The average molecular weight is 916 g/mol. The Kier molecular flexibility index (Phi) is 51.7. The average Bonchev–Trinajstić information content (AvgIpc) is 3.28. The number of allylic oxidation sites excluding steroid dienone is 6. The molecular weight excluding hydrogens is 795 g/mol. The monoisotopic (exact) mass is 915 g/mol. The number of rotatable bonds is 54. The van der Waals surface area contributed by atoms with Crippen LogP contribution >= 0.6 is 0 Å². The van der Waals surface area contributed by atoms with Crippen molar-refractivity contribution in [3.05, 3.63) is 36.5 Å². The lowest BCUT2D eigenvalue weighted by molar-refractivity contribution is -0.918. The first kappa shape index (κ1) is 64.1. The van der Waals surface area contributed by atoms with Crippen LogP contribution in [-0.2, 0) is 0 Å². The number of hydrogen-bond donors (Lipinski definition) is 3. The van der Waals surface area contributed by atoms with E-state index in [9.17, 15) is 15.3 Å². The first-order chi connectivity index (χ1) is 31.9. The number of hydrogen-bond acceptors (Lipinski definition) is 3. The quantitative estimate of drug-likeness (QED) is 0.0324. The van der Waals surface area contributed by atoms with E-state index in [0.29, 0.717) is 24.1 Å². The third kappa shape index (κ3) is 50.8. The Morgan fingerprint density at radius 3 is 0.631 bits per heavy atom. The molecule has 4 nitrogen and oxygen atoms in total. The Labute approximate surface area is 409 Å². The van der Waals surface area contributed by atoms with Crippen LogP contribution in [-0.4, -0.2) is 64.8 Å². The Morgan fingerprint density at radius 2 is 0.431 bits per heavy atom. The summed E-state index contributed by atoms with van der Waals surface area (Å²) in [6, 6.07) is 0. The normalized spacial score (nSPS) is 14.6. The Balaban J connectivity index is 4.51. The van der Waals surface area contributed by atoms with Crippen LogP contribution in [0, 0.1) is 0 Å². The number of nitrogens with zero attached hydrogens (tertiary/aromatic N) is 1. The summed E-state index contributed by atoms with van der Waals surface area (Å²) in [7, 11) is 2.18. The van der Waals surface area contributed by atoms with Crippen LogP contribution in [0.5, 0.6) is 0 Å². The topological polar surface area (TPSA) is 60.7 Å². The van der Waals surface area contributed by atoms with Gasteiger partial charge in [-0.1, -0.05) is 250 Å². The van der Waals surface area contributed by atoms with Crippen LogP contribution in [0.15, 0.2) is 36.5 Å². The van der Waals surface area contributed by atoms with Crippen LogP contribution in [0.3, 0.4) is 0 Å². The van der Waals surface area contributed by atoms with Crippen LogP contribution in [0.2, 0.25) is 0 Å². The molecule has 4 heteroatoms. The van der Waals surface area contributed by atoms with Gasteiger partial charge in [0, 0.05) is 0 Å². The van der Waals surface area contributed by atoms with Gasteiger partial charge >= 0.3 is 0 Å². The summed E-state index contributed by atoms with van der Waals surface area (Å²) >= 11 is 0. The number of aliphatic hydroxyl groups excluding tert-OH is 3. The molecule has 65 heavy (non-hydrogen) atoms. The molecule has 0 rings (SSSR count). The summed E-state index contributed by atoms with van der Waals surface area (Å²) in [5.74, 6) is 0. The highest BCUT2D eigenvalue weighted by molar-refractivity contribution is 4.83. The molecule has 386 valence electrons. The lowest BCUT2D eigenvalue weighted by Gasteiger charge is -2.39. The first-order valence-electron chi connectivity index (χ1n) is 29.7. The van der Waals surface area contributed by atoms with Crippen molar-refractivity contribution >= 4 is 0 Å². The van der Waals surface area contributed by atoms with Crippen molar-refractivity contribution < 1.29 is 19.8 Å². The second-order valence-electron chi connectivity index (χ2n) is 21.3. The second-order valence-corrected chi connectivity index (χ2v) is 21.3. The van der Waals surface area contributed by atoms with Gasteiger partial charge in [-0.15, -0.1) is 0 Å². The van der Waals surface area contributed by atoms with Crippen molar-refractivity contribution in [2.75, 3.05) is 26.7 Å². The lowest BCUT2D eigenvalue weighted by Crippen LogP contribution is -2.56. The molecule has 0 saturated heterocycles. The van der Waals surface area contributed by atoms with E-state index in [1.165, 1.54) is 250 Å². The van der Waals surface area contributed by atoms with Crippen LogP contribution < -0.4 is 0 Å². The van der Waals surface area contributed by atoms with Crippen molar-refractivity contribution in [3.8, 4) is 0 Å². The summed E-state index contributed by atoms with van der Waals surface area (Å²) in [4.78, 5) is 0. The van der Waals surface area contributed by atoms with Crippen LogP contribution in [0.25, 0.3) is 0 Å². The van der Waals surface area contributed by atoms with Gasteiger partial charge in [-0.2, -0.15) is 0 Å². The van der Waals surface area contributed by atoms with Crippen LogP contribution in [0.1, 0.15) is 310 Å². The lowest BCUT2D eigenvalue weighted by atomic mass is 10.0. The van der Waals surface area contributed by atoms with Crippen molar-refractivity contribution in [1.29, 1.82) is 0 Å². The van der Waals surface area contributed by atoms with Gasteiger partial charge in [0.25, 0.3) is 0 Å². The molecule has 0 amide bonds. The molecule has 0 aromatic heterocycles. The minimum absolute atomic E-state index is 0.382. The molecule has 0 aliphatic heterocycles. The third-order valence-electron chi connectivity index (χ3n) is 14.1. The molecule has 0 fully saturated rings. The maximum absolute atomic E-state index is 11.3. The minimum atomic E-state index is -0.382. The maximum Gasteiger partial charge on any atom is 0.105 e. The Bertz CT molecular complexity index is 870. The third-order valence-corrected chi connectivity index (χ3v) is 14.1. The van der Waals surface area contributed by atoms with Gasteiger partial charge in [0.15, 0.2) is 0 Å². The molecule has 0 bridgehead atoms. The van der Waals surface area contributed by atoms with E-state index in [1.807, 2.05) is 0 Å². The van der Waals surface area contributed by atoms with Gasteiger partial charge in [-0.05, 0) is 96.3 Å². The molecule has 3 unspecified atom stereocenters. The highest BCUT2D eigenvalue weighted by Crippen LogP contribution is 2.20. The van der Waals surface area contributed by atoms with Gasteiger partial charge in [0.1, 0.15) is 37.9 Å². The molecule has 0 heterocycles. The zero-order valence-corrected chi connectivity index (χ0v) is 44.9. The van der Waals surface area contributed by atoms with E-state index < -0.39 is 0 Å². The Morgan fingerprint density at radius 1 is 0.262 bits per heavy atom. The van der Waals surface area contributed by atoms with Gasteiger partial charge in [-0.25, -0.2) is 0 Å². The van der Waals surface area contributed by atoms with Gasteiger partial charge < -0.3 is 19.8 Å². The fourth-order valence-electron chi connectivity index (χ4n) is 9.91. The number of quaternary nitrogens is 1. The fourth-order valence-corrected chi connectivity index (χ4v) is 9.91. The summed E-state index contributed by atoms with van der Waals surface area (Å²) < 4.78 is 0.564. The van der Waals surface area contributed by atoms with E-state index >= 15 is 0 Å². The van der Waals surface area contributed by atoms with Crippen molar-refractivity contribution in [2.24, 2.45) is 0 Å². The summed E-state index contributed by atoms with van der Waals surface area (Å²) in [5, 5.41) is 33.8. The van der Waals surface area contributed by atoms with Crippen molar-refractivity contribution in [1.82, 2.24) is 0 Å². The number of unbranched alkanes of at least 4 members (excludes halogenated alkanes) is 36. The van der Waals surface area contributed by atoms with E-state index in [4.69, 9.17) is 0 Å².